The average molecular weight is 384 g/mol. The summed E-state index contributed by atoms with van der Waals surface area (Å²) in [4.78, 5) is 38.6. The van der Waals surface area contributed by atoms with E-state index in [0.717, 1.165) is 9.81 Å². The van der Waals surface area contributed by atoms with Crippen molar-refractivity contribution >= 4 is 41.5 Å². The fraction of sp³-hybridized carbons (Fsp3) is 0.500. The van der Waals surface area contributed by atoms with E-state index in [1.54, 1.807) is 7.05 Å². The molecular formula is C12H12N6O5S2. The highest BCUT2D eigenvalue weighted by Gasteiger charge is 2.64. The molecular weight excluding hydrogens is 372 g/mol. The Bertz CT molecular complexity index is 825. The van der Waals surface area contributed by atoms with Crippen LogP contribution >= 0.6 is 23.5 Å². The third-order valence-electron chi connectivity index (χ3n) is 4.41. The van der Waals surface area contributed by atoms with Crippen LogP contribution in [0.2, 0.25) is 0 Å². The summed E-state index contributed by atoms with van der Waals surface area (Å²) in [7, 11) is 1.68. The van der Waals surface area contributed by atoms with Crippen LogP contribution in [0, 0.1) is 0 Å². The van der Waals surface area contributed by atoms with E-state index in [4.69, 9.17) is 0 Å². The van der Waals surface area contributed by atoms with Gasteiger partial charge in [0.05, 0.1) is 11.9 Å². The van der Waals surface area contributed by atoms with Crippen LogP contribution in [0.3, 0.4) is 0 Å². The number of carbonyl (C=O) groups is 3. The number of hydrogen-bond donors (Lipinski definition) is 2. The predicted molar refractivity (Wildman–Crippen MR) is 84.7 cm³/mol. The number of aryl methyl sites for hydroxylation is 1. The number of amides is 2. The Morgan fingerprint density at radius 2 is 2.12 bits per heavy atom. The number of β-lactam (4-membered cyclic amide) rings is 1. The molecule has 0 aromatic carbocycles. The highest BCUT2D eigenvalue weighted by molar-refractivity contribution is 8.03. The van der Waals surface area contributed by atoms with Gasteiger partial charge in [0.1, 0.15) is 6.04 Å². The second kappa shape index (κ2) is 5.62. The summed E-state index contributed by atoms with van der Waals surface area (Å²) in [6.45, 7) is 0. The quantitative estimate of drug-likeness (QED) is 0.505. The molecule has 25 heavy (non-hydrogen) atoms. The summed E-state index contributed by atoms with van der Waals surface area (Å²) in [5.41, 5.74) is 0.608. The third kappa shape index (κ3) is 2.22. The van der Waals surface area contributed by atoms with E-state index in [9.17, 15) is 24.6 Å². The zero-order chi connectivity index (χ0) is 17.9. The van der Waals surface area contributed by atoms with Crippen molar-refractivity contribution in [2.45, 2.75) is 23.3 Å². The van der Waals surface area contributed by atoms with Crippen LogP contribution in [0.25, 0.3) is 0 Å². The van der Waals surface area contributed by atoms with E-state index in [1.807, 2.05) is 0 Å². The smallest absolute Gasteiger partial charge is 0.408 e. The Labute approximate surface area is 149 Å². The lowest BCUT2D eigenvalue weighted by Gasteiger charge is -2.51. The molecule has 3 aliphatic heterocycles. The zero-order valence-corrected chi connectivity index (χ0v) is 14.4. The second-order valence-electron chi connectivity index (χ2n) is 5.66. The minimum atomic E-state index is -1.18. The van der Waals surface area contributed by atoms with Gasteiger partial charge in [-0.05, 0) is 16.0 Å². The van der Waals surface area contributed by atoms with Gasteiger partial charge in [-0.3, -0.25) is 9.69 Å². The van der Waals surface area contributed by atoms with Gasteiger partial charge >= 0.3 is 12.1 Å². The van der Waals surface area contributed by atoms with Crippen molar-refractivity contribution in [2.24, 2.45) is 7.05 Å². The second-order valence-corrected chi connectivity index (χ2v) is 7.59. The number of rotatable bonds is 4. The highest BCUT2D eigenvalue weighted by Crippen LogP contribution is 2.51. The lowest BCUT2D eigenvalue weighted by Crippen LogP contribution is -2.73. The Morgan fingerprint density at radius 1 is 1.36 bits per heavy atom. The van der Waals surface area contributed by atoms with Gasteiger partial charge in [0.25, 0.3) is 0 Å². The number of carboxylic acid groups (broad SMARTS) is 2. The Balaban J connectivity index is 1.66. The van der Waals surface area contributed by atoms with E-state index in [-0.39, 0.29) is 5.88 Å². The van der Waals surface area contributed by atoms with Crippen molar-refractivity contribution < 1.29 is 24.6 Å². The molecule has 0 aliphatic carbocycles. The third-order valence-corrected chi connectivity index (χ3v) is 6.69. The van der Waals surface area contributed by atoms with Crippen LogP contribution in [0.4, 0.5) is 4.79 Å². The summed E-state index contributed by atoms with van der Waals surface area (Å²) < 4.78 is 1.48. The average Bonchev–Trinajstić information content (AvgIpc) is 3.11. The maximum absolute atomic E-state index is 12.4. The van der Waals surface area contributed by atoms with Crippen molar-refractivity contribution in [1.29, 1.82) is 0 Å². The van der Waals surface area contributed by atoms with Crippen molar-refractivity contribution in [3.05, 3.63) is 10.5 Å². The molecule has 4 rings (SSSR count). The molecule has 0 radical (unpaired) electrons. The van der Waals surface area contributed by atoms with E-state index < -0.39 is 36.1 Å². The largest absolute Gasteiger partial charge is 0.479 e. The van der Waals surface area contributed by atoms with E-state index in [1.165, 1.54) is 33.1 Å². The zero-order valence-electron chi connectivity index (χ0n) is 12.8. The predicted octanol–water partition coefficient (Wildman–Crippen LogP) is -0.713. The molecule has 13 heteroatoms. The van der Waals surface area contributed by atoms with Crippen LogP contribution in [0.1, 0.15) is 0 Å². The molecule has 1 unspecified atom stereocenters. The van der Waals surface area contributed by atoms with Crippen LogP contribution in [-0.2, 0) is 16.6 Å². The molecule has 3 atom stereocenters. The number of nitrogens with zero attached hydrogens (tertiary/aromatic N) is 6. The van der Waals surface area contributed by atoms with Crippen molar-refractivity contribution in [3.8, 4) is 0 Å². The van der Waals surface area contributed by atoms with Gasteiger partial charge in [-0.2, -0.15) is 0 Å². The Hall–Kier alpha value is -2.28. The monoisotopic (exact) mass is 384 g/mol. The Kier molecular flexibility index (Phi) is 3.64. The first-order valence-corrected chi connectivity index (χ1v) is 9.14. The summed E-state index contributed by atoms with van der Waals surface area (Å²) in [6.07, 6.45) is -1.18. The number of tetrazole rings is 1. The number of hydrogen-bond acceptors (Lipinski definition) is 8. The van der Waals surface area contributed by atoms with E-state index in [0.29, 0.717) is 16.5 Å². The van der Waals surface area contributed by atoms with Crippen molar-refractivity contribution in [1.82, 2.24) is 30.0 Å². The summed E-state index contributed by atoms with van der Waals surface area (Å²) in [6, 6.07) is -2.40. The van der Waals surface area contributed by atoms with Gasteiger partial charge < -0.3 is 15.1 Å². The maximum Gasteiger partial charge on any atom is 0.408 e. The number of thioether (sulfide) groups is 2. The molecule has 1 aromatic rings. The summed E-state index contributed by atoms with van der Waals surface area (Å²) >= 11 is 2.55. The standard InChI is InChI=1S/C12H12N6O5S2/c1-16-11(13-14-15-16)24-2-4-5(10(20)21)18-6-7(9(18)19)17(12(22)23)3-25-8(4)6/h5-7H,2-3H2,1H3,(H,20,21)(H,22,23)/t5?,6-,7-/m0/s1. The van der Waals surface area contributed by atoms with Gasteiger partial charge in [-0.25, -0.2) is 14.3 Å². The fourth-order valence-corrected chi connectivity index (χ4v) is 5.66. The first kappa shape index (κ1) is 16.2. The maximum atomic E-state index is 12.4. The molecule has 4 heterocycles. The van der Waals surface area contributed by atoms with Crippen LogP contribution in [-0.4, -0.2) is 87.9 Å². The van der Waals surface area contributed by atoms with Crippen molar-refractivity contribution in [2.75, 3.05) is 11.6 Å². The molecule has 0 bridgehead atoms. The fourth-order valence-electron chi connectivity index (χ4n) is 3.32. The van der Waals surface area contributed by atoms with Crippen LogP contribution in [0.15, 0.2) is 15.6 Å². The molecule has 2 saturated heterocycles. The summed E-state index contributed by atoms with van der Waals surface area (Å²) in [5, 5.41) is 30.5. The molecule has 2 fully saturated rings. The Morgan fingerprint density at radius 3 is 2.72 bits per heavy atom. The number of aromatic nitrogens is 4. The van der Waals surface area contributed by atoms with Crippen LogP contribution in [0.5, 0.6) is 0 Å². The van der Waals surface area contributed by atoms with Gasteiger partial charge in [0.2, 0.25) is 11.1 Å². The molecule has 3 aliphatic rings. The highest BCUT2D eigenvalue weighted by atomic mass is 32.2. The van der Waals surface area contributed by atoms with E-state index >= 15 is 0 Å². The molecule has 11 nitrogen and oxygen atoms in total. The summed E-state index contributed by atoms with van der Waals surface area (Å²) in [5.74, 6) is -1.16. The van der Waals surface area contributed by atoms with Gasteiger partial charge in [-0.1, -0.05) is 11.8 Å². The topological polar surface area (TPSA) is 142 Å². The molecule has 1 aromatic heterocycles. The normalized spacial score (nSPS) is 27.4. The minimum Gasteiger partial charge on any atom is -0.479 e. The number of carboxylic acids is 1. The van der Waals surface area contributed by atoms with E-state index in [2.05, 4.69) is 15.5 Å². The molecule has 2 amide bonds. The minimum absolute atomic E-state index is 0.109. The molecule has 2 N–H and O–H groups in total. The number of carbonyl (C=O) groups excluding carboxylic acids is 1. The van der Waals surface area contributed by atoms with Gasteiger partial charge in [0.15, 0.2) is 6.04 Å². The lowest BCUT2D eigenvalue weighted by atomic mass is 9.95. The molecule has 132 valence electrons. The first-order valence-electron chi connectivity index (χ1n) is 7.17. The van der Waals surface area contributed by atoms with Crippen LogP contribution < -0.4 is 0 Å². The van der Waals surface area contributed by atoms with Gasteiger partial charge in [0, 0.05) is 17.7 Å². The molecule has 0 spiro atoms. The van der Waals surface area contributed by atoms with Gasteiger partial charge in [-0.15, -0.1) is 16.9 Å². The first-order chi connectivity index (χ1) is 11.9. The lowest BCUT2D eigenvalue weighted by molar-refractivity contribution is -0.163. The number of aliphatic carboxylic acids is 1. The SMILES string of the molecule is Cn1nnnc1SCC1=C2SCN(C(=O)O)[C@@H]3C(=O)N(C1C(=O)O)[C@H]23. The molecule has 0 saturated carbocycles. The van der Waals surface area contributed by atoms with Crippen molar-refractivity contribution in [3.63, 3.8) is 0 Å².